The van der Waals surface area contributed by atoms with Crippen LogP contribution in [0.5, 0.6) is 0 Å². The van der Waals surface area contributed by atoms with E-state index < -0.39 is 5.91 Å². The molecule has 0 fully saturated rings. The van der Waals surface area contributed by atoms with Crippen LogP contribution in [0, 0.1) is 5.41 Å². The molecule has 6 heteroatoms. The molecule has 0 spiro atoms. The van der Waals surface area contributed by atoms with Crippen molar-refractivity contribution >= 4 is 34.7 Å². The summed E-state index contributed by atoms with van der Waals surface area (Å²) in [5.74, 6) is 0.262. The minimum absolute atomic E-state index is 0.130. The smallest absolute Gasteiger partial charge is 0.283 e. The average molecular weight is 259 g/mol. The van der Waals surface area contributed by atoms with Crippen molar-refractivity contribution in [3.63, 3.8) is 0 Å². The van der Waals surface area contributed by atoms with Crippen LogP contribution in [-0.4, -0.2) is 21.8 Å². The van der Waals surface area contributed by atoms with Crippen LogP contribution in [0.4, 0.5) is 0 Å². The Labute approximate surface area is 107 Å². The molecule has 90 valence electrons. The second kappa shape index (κ2) is 3.99. The van der Waals surface area contributed by atoms with Crippen molar-refractivity contribution in [2.45, 2.75) is 6.92 Å². The first-order valence-electron chi connectivity index (χ1n) is 5.28. The van der Waals surface area contributed by atoms with Gasteiger partial charge in [-0.3, -0.25) is 15.1 Å². The number of carbonyl (C=O) groups excluding carboxylic acids is 1. The fourth-order valence-electron chi connectivity index (χ4n) is 1.72. The largest absolute Gasteiger partial charge is 0.465 e. The normalized spacial score (nSPS) is 21.2. The summed E-state index contributed by atoms with van der Waals surface area (Å²) in [6.07, 6.45) is 4.86. The zero-order valence-electron chi connectivity index (χ0n) is 9.51. The number of rotatable bonds is 1. The summed E-state index contributed by atoms with van der Waals surface area (Å²) in [5.41, 5.74) is 0.236. The van der Waals surface area contributed by atoms with Gasteiger partial charge in [-0.15, -0.1) is 0 Å². The summed E-state index contributed by atoms with van der Waals surface area (Å²) in [7, 11) is 0. The fraction of sp³-hybridized carbons (Fsp3) is 0.0833. The van der Waals surface area contributed by atoms with Gasteiger partial charge in [-0.05, 0) is 25.1 Å². The van der Waals surface area contributed by atoms with Gasteiger partial charge in [0.15, 0.2) is 5.17 Å². The molecule has 0 bridgehead atoms. The predicted octanol–water partition coefficient (Wildman–Crippen LogP) is 2.45. The quantitative estimate of drug-likeness (QED) is 0.786. The fourth-order valence-corrected chi connectivity index (χ4v) is 2.53. The van der Waals surface area contributed by atoms with Crippen LogP contribution in [0.1, 0.15) is 12.7 Å². The van der Waals surface area contributed by atoms with Gasteiger partial charge in [-0.2, -0.15) is 4.99 Å². The minimum Gasteiger partial charge on any atom is -0.465 e. The predicted molar refractivity (Wildman–Crippen MR) is 70.0 cm³/mol. The van der Waals surface area contributed by atoms with E-state index >= 15 is 0 Å². The molecule has 0 unspecified atom stereocenters. The Balaban J connectivity index is 2.04. The lowest BCUT2D eigenvalue weighted by Crippen LogP contribution is -2.35. The first-order valence-corrected chi connectivity index (χ1v) is 6.09. The SMILES string of the molecule is CC1=CN2C(=N)/C(=C/c3ccco3)C(=O)N=C2S1. The maximum absolute atomic E-state index is 11.9. The number of allylic oxidation sites excluding steroid dienone is 1. The van der Waals surface area contributed by atoms with E-state index in [1.165, 1.54) is 24.1 Å². The molecule has 0 saturated heterocycles. The van der Waals surface area contributed by atoms with Gasteiger partial charge in [-0.1, -0.05) is 11.8 Å². The van der Waals surface area contributed by atoms with Crippen LogP contribution in [0.15, 0.2) is 44.5 Å². The number of hydrogen-bond acceptors (Lipinski definition) is 4. The molecular weight excluding hydrogens is 250 g/mol. The highest BCUT2D eigenvalue weighted by Crippen LogP contribution is 2.32. The first kappa shape index (κ1) is 11.0. The highest BCUT2D eigenvalue weighted by atomic mass is 32.2. The average Bonchev–Trinajstić information content (AvgIpc) is 2.93. The monoisotopic (exact) mass is 259 g/mol. The van der Waals surface area contributed by atoms with E-state index in [1.807, 2.05) is 6.92 Å². The molecule has 0 aromatic carbocycles. The molecule has 1 amide bonds. The Hall–Kier alpha value is -2.08. The third-order valence-corrected chi connectivity index (χ3v) is 3.42. The number of amidine groups is 2. The molecule has 3 rings (SSSR count). The Morgan fingerprint density at radius 1 is 1.56 bits per heavy atom. The number of nitrogens with one attached hydrogen (secondary N) is 1. The molecule has 0 aliphatic carbocycles. The molecule has 3 heterocycles. The van der Waals surface area contributed by atoms with E-state index in [4.69, 9.17) is 9.83 Å². The van der Waals surface area contributed by atoms with Crippen molar-refractivity contribution in [1.82, 2.24) is 4.90 Å². The van der Waals surface area contributed by atoms with E-state index in [9.17, 15) is 4.79 Å². The van der Waals surface area contributed by atoms with Crippen molar-refractivity contribution in [3.8, 4) is 0 Å². The van der Waals surface area contributed by atoms with E-state index in [0.29, 0.717) is 10.9 Å². The zero-order chi connectivity index (χ0) is 12.7. The summed E-state index contributed by atoms with van der Waals surface area (Å²) in [5, 5.41) is 8.59. The molecule has 1 N–H and O–H groups in total. The number of amides is 1. The molecule has 0 saturated carbocycles. The van der Waals surface area contributed by atoms with E-state index in [2.05, 4.69) is 4.99 Å². The van der Waals surface area contributed by atoms with Crippen LogP contribution >= 0.6 is 11.8 Å². The number of furan rings is 1. The minimum atomic E-state index is -0.404. The number of thioether (sulfide) groups is 1. The van der Waals surface area contributed by atoms with Gasteiger partial charge in [-0.25, -0.2) is 0 Å². The van der Waals surface area contributed by atoms with Gasteiger partial charge < -0.3 is 4.42 Å². The standard InChI is InChI=1S/C12H9N3O2S/c1-7-6-15-10(13)9(5-8-3-2-4-17-8)11(16)14-12(15)18-7/h2-6,13H,1H3/b9-5-,13-10?. The van der Waals surface area contributed by atoms with Crippen LogP contribution in [0.3, 0.4) is 0 Å². The Kier molecular flexibility index (Phi) is 2.45. The van der Waals surface area contributed by atoms with E-state index in [-0.39, 0.29) is 11.4 Å². The van der Waals surface area contributed by atoms with Crippen molar-refractivity contribution in [1.29, 1.82) is 5.41 Å². The number of carbonyl (C=O) groups is 1. The molecule has 0 atom stereocenters. The van der Waals surface area contributed by atoms with Gasteiger partial charge in [0, 0.05) is 11.1 Å². The van der Waals surface area contributed by atoms with Gasteiger partial charge in [0.05, 0.1) is 11.8 Å². The molecule has 1 aromatic rings. The van der Waals surface area contributed by atoms with Crippen molar-refractivity contribution in [2.75, 3.05) is 0 Å². The highest BCUT2D eigenvalue weighted by molar-refractivity contribution is 8.17. The Morgan fingerprint density at radius 2 is 2.39 bits per heavy atom. The molecular formula is C12H9N3O2S. The lowest BCUT2D eigenvalue weighted by Gasteiger charge is -2.21. The molecule has 0 radical (unpaired) electrons. The second-order valence-corrected chi connectivity index (χ2v) is 5.05. The molecule has 1 aromatic heterocycles. The molecule has 5 nitrogen and oxygen atoms in total. The molecule has 2 aliphatic rings. The topological polar surface area (TPSA) is 69.7 Å². The zero-order valence-corrected chi connectivity index (χ0v) is 10.3. The molecule has 2 aliphatic heterocycles. The Bertz CT molecular complexity index is 626. The van der Waals surface area contributed by atoms with Crippen molar-refractivity contribution in [3.05, 3.63) is 40.8 Å². The van der Waals surface area contributed by atoms with Gasteiger partial charge in [0.1, 0.15) is 11.6 Å². The van der Waals surface area contributed by atoms with Gasteiger partial charge in [0.2, 0.25) is 0 Å². The van der Waals surface area contributed by atoms with Gasteiger partial charge >= 0.3 is 0 Å². The van der Waals surface area contributed by atoms with E-state index in [0.717, 1.165) is 4.91 Å². The summed E-state index contributed by atoms with van der Waals surface area (Å²) in [6, 6.07) is 3.46. The maximum atomic E-state index is 11.9. The van der Waals surface area contributed by atoms with Crippen LogP contribution in [0.2, 0.25) is 0 Å². The maximum Gasteiger partial charge on any atom is 0.283 e. The summed E-state index contributed by atoms with van der Waals surface area (Å²) in [4.78, 5) is 18.5. The van der Waals surface area contributed by atoms with Crippen molar-refractivity contribution in [2.24, 2.45) is 4.99 Å². The van der Waals surface area contributed by atoms with Crippen LogP contribution < -0.4 is 0 Å². The van der Waals surface area contributed by atoms with Crippen LogP contribution in [0.25, 0.3) is 6.08 Å². The third-order valence-electron chi connectivity index (χ3n) is 2.52. The Morgan fingerprint density at radius 3 is 3.11 bits per heavy atom. The highest BCUT2D eigenvalue weighted by Gasteiger charge is 2.32. The summed E-state index contributed by atoms with van der Waals surface area (Å²) < 4.78 is 5.15. The molecule has 18 heavy (non-hydrogen) atoms. The summed E-state index contributed by atoms with van der Waals surface area (Å²) in [6.45, 7) is 1.92. The number of aliphatic imine (C=N–C) groups is 1. The summed E-state index contributed by atoms with van der Waals surface area (Å²) >= 11 is 1.39. The number of nitrogens with zero attached hydrogens (tertiary/aromatic N) is 2. The van der Waals surface area contributed by atoms with Crippen LogP contribution in [-0.2, 0) is 4.79 Å². The van der Waals surface area contributed by atoms with Crippen molar-refractivity contribution < 1.29 is 9.21 Å². The number of fused-ring (bicyclic) bond motifs is 1. The second-order valence-electron chi connectivity index (χ2n) is 3.83. The lowest BCUT2D eigenvalue weighted by molar-refractivity contribution is -0.114. The third kappa shape index (κ3) is 1.70. The first-order chi connectivity index (χ1) is 8.65. The lowest BCUT2D eigenvalue weighted by atomic mass is 10.1. The van der Waals surface area contributed by atoms with E-state index in [1.54, 1.807) is 23.2 Å². The number of hydrogen-bond donors (Lipinski definition) is 1. The van der Waals surface area contributed by atoms with Gasteiger partial charge in [0.25, 0.3) is 5.91 Å².